The Morgan fingerprint density at radius 3 is 2.53 bits per heavy atom. The van der Waals surface area contributed by atoms with Crippen LogP contribution in [0, 0.1) is 3.57 Å². The lowest BCUT2D eigenvalue weighted by Gasteiger charge is -2.25. The Bertz CT molecular complexity index is 372. The van der Waals surface area contributed by atoms with Gasteiger partial charge in [0.25, 0.3) is 0 Å². The van der Waals surface area contributed by atoms with Crippen LogP contribution in [0.2, 0.25) is 0 Å². The second-order valence-corrected chi connectivity index (χ2v) is 5.48. The Hall–Kier alpha value is -0.460. The molecule has 0 aliphatic carbocycles. The maximum absolute atomic E-state index is 11.9. The summed E-state index contributed by atoms with van der Waals surface area (Å²) in [6, 6.07) is 8.13. The van der Waals surface area contributed by atoms with Crippen molar-refractivity contribution in [3.05, 3.63) is 33.4 Å². The zero-order valence-electron chi connectivity index (χ0n) is 9.69. The van der Waals surface area contributed by atoms with Crippen LogP contribution in [0.25, 0.3) is 0 Å². The van der Waals surface area contributed by atoms with E-state index in [2.05, 4.69) is 27.5 Å². The fourth-order valence-corrected chi connectivity index (χ4v) is 2.25. The Labute approximate surface area is 115 Å². The molecule has 1 aliphatic rings. The number of carbonyl (C=O) groups is 1. The highest BCUT2D eigenvalue weighted by atomic mass is 127. The number of halogens is 1. The molecule has 1 saturated heterocycles. The molecule has 0 atom stereocenters. The zero-order chi connectivity index (χ0) is 12.1. The van der Waals surface area contributed by atoms with E-state index in [0.717, 1.165) is 31.9 Å². The summed E-state index contributed by atoms with van der Waals surface area (Å²) in [6.45, 7) is 3.79. The fraction of sp³-hybridized carbons (Fsp3) is 0.462. The number of ketones is 1. The average Bonchev–Trinajstić information content (AvgIpc) is 2.33. The van der Waals surface area contributed by atoms with Crippen molar-refractivity contribution in [2.75, 3.05) is 32.8 Å². The molecule has 92 valence electrons. The van der Waals surface area contributed by atoms with E-state index in [9.17, 15) is 4.79 Å². The first kappa shape index (κ1) is 13.0. The molecule has 3 nitrogen and oxygen atoms in total. The van der Waals surface area contributed by atoms with Gasteiger partial charge < -0.3 is 4.74 Å². The summed E-state index contributed by atoms with van der Waals surface area (Å²) in [5.41, 5.74) is 1.10. The van der Waals surface area contributed by atoms with Gasteiger partial charge in [0, 0.05) is 23.1 Å². The maximum Gasteiger partial charge on any atom is 0.151 e. The summed E-state index contributed by atoms with van der Waals surface area (Å²) in [6.07, 6.45) is 0.536. The van der Waals surface area contributed by atoms with E-state index in [1.165, 1.54) is 3.57 Å². The van der Waals surface area contributed by atoms with E-state index in [1.807, 2.05) is 24.3 Å². The van der Waals surface area contributed by atoms with Gasteiger partial charge in [-0.25, -0.2) is 0 Å². The quantitative estimate of drug-likeness (QED) is 0.779. The Balaban J connectivity index is 1.82. The van der Waals surface area contributed by atoms with Gasteiger partial charge in [-0.3, -0.25) is 9.69 Å². The number of hydrogen-bond acceptors (Lipinski definition) is 3. The molecule has 0 aromatic heterocycles. The molecule has 0 spiro atoms. The van der Waals surface area contributed by atoms with Gasteiger partial charge in [0.2, 0.25) is 0 Å². The molecule has 0 N–H and O–H groups in total. The Kier molecular flexibility index (Phi) is 4.94. The topological polar surface area (TPSA) is 29.5 Å². The highest BCUT2D eigenvalue weighted by Crippen LogP contribution is 2.08. The first-order chi connectivity index (χ1) is 8.24. The second-order valence-electron chi connectivity index (χ2n) is 4.23. The zero-order valence-corrected chi connectivity index (χ0v) is 11.9. The highest BCUT2D eigenvalue weighted by Gasteiger charge is 2.14. The van der Waals surface area contributed by atoms with Gasteiger partial charge >= 0.3 is 0 Å². The maximum atomic E-state index is 11.9. The van der Waals surface area contributed by atoms with Crippen molar-refractivity contribution in [2.24, 2.45) is 0 Å². The van der Waals surface area contributed by atoms with Gasteiger partial charge in [-0.05, 0) is 40.3 Å². The van der Waals surface area contributed by atoms with Crippen molar-refractivity contribution in [2.45, 2.75) is 6.42 Å². The van der Waals surface area contributed by atoms with Crippen molar-refractivity contribution < 1.29 is 9.53 Å². The van der Waals surface area contributed by atoms with E-state index in [4.69, 9.17) is 4.74 Å². The molecule has 0 unspecified atom stereocenters. The van der Waals surface area contributed by atoms with Crippen LogP contribution in [0.1, 0.15) is 5.56 Å². The lowest BCUT2D eigenvalue weighted by atomic mass is 10.1. The van der Waals surface area contributed by atoms with Gasteiger partial charge in [0.15, 0.2) is 5.78 Å². The highest BCUT2D eigenvalue weighted by molar-refractivity contribution is 14.1. The second kappa shape index (κ2) is 6.47. The SMILES string of the molecule is O=C(Cc1ccc(I)cc1)CN1CCOCC1. The summed E-state index contributed by atoms with van der Waals surface area (Å²) in [5.74, 6) is 0.285. The molecule has 1 aliphatic heterocycles. The molecule has 0 amide bonds. The third kappa shape index (κ3) is 4.37. The lowest BCUT2D eigenvalue weighted by Crippen LogP contribution is -2.39. The third-order valence-corrected chi connectivity index (χ3v) is 3.54. The van der Waals surface area contributed by atoms with Crippen LogP contribution in [-0.2, 0) is 16.0 Å². The van der Waals surface area contributed by atoms with Gasteiger partial charge in [-0.15, -0.1) is 0 Å². The number of carbonyl (C=O) groups excluding carboxylic acids is 1. The van der Waals surface area contributed by atoms with Crippen molar-refractivity contribution >= 4 is 28.4 Å². The molecular formula is C13H16INO2. The predicted octanol–water partition coefficient (Wildman–Crippen LogP) is 1.74. The van der Waals surface area contributed by atoms with Gasteiger partial charge in [0.05, 0.1) is 19.8 Å². The normalized spacial score (nSPS) is 17.0. The number of nitrogens with zero attached hydrogens (tertiary/aromatic N) is 1. The Morgan fingerprint density at radius 2 is 1.88 bits per heavy atom. The lowest BCUT2D eigenvalue weighted by molar-refractivity contribution is -0.120. The van der Waals surface area contributed by atoms with E-state index < -0.39 is 0 Å². The molecule has 1 aromatic rings. The molecule has 1 aromatic carbocycles. The molecule has 2 rings (SSSR count). The third-order valence-electron chi connectivity index (χ3n) is 2.82. The first-order valence-corrected chi connectivity index (χ1v) is 6.88. The standard InChI is InChI=1S/C13H16INO2/c14-12-3-1-11(2-4-12)9-13(16)10-15-5-7-17-8-6-15/h1-4H,5-10H2. The van der Waals surface area contributed by atoms with Crippen LogP contribution < -0.4 is 0 Å². The van der Waals surface area contributed by atoms with Crippen LogP contribution in [0.15, 0.2) is 24.3 Å². The number of hydrogen-bond donors (Lipinski definition) is 0. The largest absolute Gasteiger partial charge is 0.379 e. The van der Waals surface area contributed by atoms with Gasteiger partial charge in [0.1, 0.15) is 0 Å². The summed E-state index contributed by atoms with van der Waals surface area (Å²) >= 11 is 2.27. The molecule has 1 fully saturated rings. The minimum atomic E-state index is 0.285. The van der Waals surface area contributed by atoms with Gasteiger partial charge in [-0.2, -0.15) is 0 Å². The smallest absolute Gasteiger partial charge is 0.151 e. The van der Waals surface area contributed by atoms with Crippen molar-refractivity contribution in [1.29, 1.82) is 0 Å². The molecule has 4 heteroatoms. The number of ether oxygens (including phenoxy) is 1. The van der Waals surface area contributed by atoms with Crippen LogP contribution in [-0.4, -0.2) is 43.5 Å². The predicted molar refractivity (Wildman–Crippen MR) is 75.1 cm³/mol. The summed E-state index contributed by atoms with van der Waals surface area (Å²) in [5, 5.41) is 0. The van der Waals surface area contributed by atoms with Crippen LogP contribution in [0.5, 0.6) is 0 Å². The minimum Gasteiger partial charge on any atom is -0.379 e. The molecule has 17 heavy (non-hydrogen) atoms. The number of morpholine rings is 1. The monoisotopic (exact) mass is 345 g/mol. The van der Waals surface area contributed by atoms with E-state index in [-0.39, 0.29) is 5.78 Å². The average molecular weight is 345 g/mol. The number of Topliss-reactive ketones (excluding diaryl/α,β-unsaturated/α-hetero) is 1. The molecule has 0 saturated carbocycles. The van der Waals surface area contributed by atoms with Crippen molar-refractivity contribution in [3.63, 3.8) is 0 Å². The van der Waals surface area contributed by atoms with Crippen molar-refractivity contribution in [3.8, 4) is 0 Å². The van der Waals surface area contributed by atoms with E-state index >= 15 is 0 Å². The number of benzene rings is 1. The van der Waals surface area contributed by atoms with Crippen LogP contribution >= 0.6 is 22.6 Å². The Morgan fingerprint density at radius 1 is 1.24 bits per heavy atom. The molecule has 0 bridgehead atoms. The van der Waals surface area contributed by atoms with Crippen LogP contribution in [0.3, 0.4) is 0 Å². The summed E-state index contributed by atoms with van der Waals surface area (Å²) in [4.78, 5) is 14.0. The first-order valence-electron chi connectivity index (χ1n) is 5.80. The number of rotatable bonds is 4. The summed E-state index contributed by atoms with van der Waals surface area (Å²) < 4.78 is 6.46. The van der Waals surface area contributed by atoms with Crippen molar-refractivity contribution in [1.82, 2.24) is 4.90 Å². The van der Waals surface area contributed by atoms with Crippen LogP contribution in [0.4, 0.5) is 0 Å². The van der Waals surface area contributed by atoms with E-state index in [0.29, 0.717) is 13.0 Å². The fourth-order valence-electron chi connectivity index (χ4n) is 1.89. The molecular weight excluding hydrogens is 329 g/mol. The van der Waals surface area contributed by atoms with E-state index in [1.54, 1.807) is 0 Å². The minimum absolute atomic E-state index is 0.285. The molecule has 1 heterocycles. The van der Waals surface area contributed by atoms with Gasteiger partial charge in [-0.1, -0.05) is 12.1 Å². The summed E-state index contributed by atoms with van der Waals surface area (Å²) in [7, 11) is 0. The molecule has 0 radical (unpaired) electrons.